The molecule has 0 spiro atoms. The fraction of sp³-hybridized carbons (Fsp3) is 0. The Morgan fingerprint density at radius 1 is 0.556 bits per heavy atom. The van der Waals surface area contributed by atoms with Crippen molar-refractivity contribution in [3.8, 4) is 0 Å². The third-order valence-corrected chi connectivity index (χ3v) is 2.33. The highest BCUT2D eigenvalue weighted by Crippen LogP contribution is 2.02. The van der Waals surface area contributed by atoms with E-state index >= 15 is 0 Å². The molecule has 0 aliphatic carbocycles. The first-order valence-electron chi connectivity index (χ1n) is 5.78. The molecule has 0 aromatic heterocycles. The average Bonchev–Trinajstić information content (AvgIpc) is 2.45. The maximum atomic E-state index is 3.94. The number of nitrogens with zero attached hydrogens (tertiary/aromatic N) is 2. The van der Waals surface area contributed by atoms with Gasteiger partial charge in [0.15, 0.2) is 0 Å². The van der Waals surface area contributed by atoms with Crippen LogP contribution in [0.25, 0.3) is 12.2 Å². The van der Waals surface area contributed by atoms with E-state index in [0.717, 1.165) is 11.1 Å². The first kappa shape index (κ1) is 12.0. The summed E-state index contributed by atoms with van der Waals surface area (Å²) >= 11 is 0. The smallest absolute Gasteiger partial charge is 0.0501 e. The van der Waals surface area contributed by atoms with Crippen LogP contribution in [0.4, 0.5) is 0 Å². The van der Waals surface area contributed by atoms with E-state index in [1.54, 1.807) is 12.4 Å². The Labute approximate surface area is 107 Å². The lowest BCUT2D eigenvalue weighted by Crippen LogP contribution is -1.67. The van der Waals surface area contributed by atoms with E-state index in [1.165, 1.54) is 0 Å². The van der Waals surface area contributed by atoms with Gasteiger partial charge in [-0.2, -0.15) is 10.2 Å². The van der Waals surface area contributed by atoms with Crippen LogP contribution >= 0.6 is 0 Å². The molecule has 0 fully saturated rings. The average molecular weight is 234 g/mol. The van der Waals surface area contributed by atoms with Gasteiger partial charge < -0.3 is 0 Å². The van der Waals surface area contributed by atoms with Gasteiger partial charge in [0, 0.05) is 0 Å². The molecule has 0 aliphatic rings. The zero-order valence-electron chi connectivity index (χ0n) is 9.98. The lowest BCUT2D eigenvalue weighted by Gasteiger charge is -1.88. The van der Waals surface area contributed by atoms with Gasteiger partial charge in [0.05, 0.1) is 12.4 Å². The van der Waals surface area contributed by atoms with Crippen molar-refractivity contribution in [2.45, 2.75) is 0 Å². The number of hydrogen-bond acceptors (Lipinski definition) is 2. The van der Waals surface area contributed by atoms with Gasteiger partial charge in [0.2, 0.25) is 0 Å². The molecule has 18 heavy (non-hydrogen) atoms. The molecule has 0 saturated heterocycles. The summed E-state index contributed by atoms with van der Waals surface area (Å²) in [6.07, 6.45) is 7.20. The van der Waals surface area contributed by atoms with Crippen molar-refractivity contribution >= 4 is 12.2 Å². The molecule has 0 heterocycles. The molecule has 0 saturated carbocycles. The zero-order chi connectivity index (χ0) is 12.5. The molecule has 2 rings (SSSR count). The molecule has 2 aromatic carbocycles. The fourth-order valence-electron chi connectivity index (χ4n) is 1.44. The van der Waals surface area contributed by atoms with Crippen LogP contribution in [0, 0.1) is 0 Å². The Hall–Kier alpha value is -2.48. The van der Waals surface area contributed by atoms with E-state index in [4.69, 9.17) is 0 Å². The molecule has 0 N–H and O–H groups in total. The van der Waals surface area contributed by atoms with Crippen molar-refractivity contribution in [3.05, 3.63) is 84.2 Å². The third kappa shape index (κ3) is 4.18. The van der Waals surface area contributed by atoms with Crippen LogP contribution in [0.3, 0.4) is 0 Å². The molecule has 2 aromatic rings. The fourth-order valence-corrected chi connectivity index (χ4v) is 1.44. The Morgan fingerprint density at radius 2 is 0.944 bits per heavy atom. The molecular formula is C16H14N2. The van der Waals surface area contributed by atoms with Crippen LogP contribution in [0.15, 0.2) is 83.3 Å². The lowest BCUT2D eigenvalue weighted by atomic mass is 10.2. The summed E-state index contributed by atoms with van der Waals surface area (Å²) in [5.41, 5.74) is 2.23. The summed E-state index contributed by atoms with van der Waals surface area (Å²) in [6, 6.07) is 20.0. The maximum absolute atomic E-state index is 3.94. The topological polar surface area (TPSA) is 24.7 Å². The van der Waals surface area contributed by atoms with Gasteiger partial charge >= 0.3 is 0 Å². The lowest BCUT2D eigenvalue weighted by molar-refractivity contribution is 1.24. The molecule has 0 aliphatic heterocycles. The molecule has 2 heteroatoms. The number of azo groups is 1. The molecule has 0 bridgehead atoms. The quantitative estimate of drug-likeness (QED) is 0.680. The van der Waals surface area contributed by atoms with E-state index in [0.29, 0.717) is 0 Å². The summed E-state index contributed by atoms with van der Waals surface area (Å²) in [6.45, 7) is 0. The Balaban J connectivity index is 1.86. The van der Waals surface area contributed by atoms with Crippen molar-refractivity contribution in [2.24, 2.45) is 10.2 Å². The minimum atomic E-state index is 1.11. The summed E-state index contributed by atoms with van der Waals surface area (Å²) in [4.78, 5) is 0. The summed E-state index contributed by atoms with van der Waals surface area (Å²) in [5.74, 6) is 0. The van der Waals surface area contributed by atoms with Crippen LogP contribution in [-0.2, 0) is 0 Å². The predicted octanol–water partition coefficient (Wildman–Crippen LogP) is 4.78. The van der Waals surface area contributed by atoms with Gasteiger partial charge in [-0.05, 0) is 23.3 Å². The number of benzene rings is 2. The molecular weight excluding hydrogens is 220 g/mol. The van der Waals surface area contributed by atoms with E-state index < -0.39 is 0 Å². The minimum absolute atomic E-state index is 1.11. The van der Waals surface area contributed by atoms with Gasteiger partial charge in [0.25, 0.3) is 0 Å². The van der Waals surface area contributed by atoms with E-state index in [2.05, 4.69) is 10.2 Å². The van der Waals surface area contributed by atoms with E-state index in [-0.39, 0.29) is 0 Å². The summed E-state index contributed by atoms with van der Waals surface area (Å²) < 4.78 is 0. The first-order valence-corrected chi connectivity index (χ1v) is 5.78. The summed E-state index contributed by atoms with van der Waals surface area (Å²) in [7, 11) is 0. The van der Waals surface area contributed by atoms with Crippen LogP contribution in [0.1, 0.15) is 11.1 Å². The Morgan fingerprint density at radius 3 is 1.33 bits per heavy atom. The second kappa shape index (κ2) is 6.97. The van der Waals surface area contributed by atoms with Crippen molar-refractivity contribution in [3.63, 3.8) is 0 Å². The highest BCUT2D eigenvalue weighted by atomic mass is 15.1. The highest BCUT2D eigenvalue weighted by Gasteiger charge is 1.81. The normalized spacial score (nSPS) is 11.8. The van der Waals surface area contributed by atoms with Crippen LogP contribution in [-0.4, -0.2) is 0 Å². The van der Waals surface area contributed by atoms with Crippen LogP contribution in [0.2, 0.25) is 0 Å². The monoisotopic (exact) mass is 234 g/mol. The first-order chi connectivity index (χ1) is 8.95. The Bertz CT molecular complexity index is 488. The second-order valence-corrected chi connectivity index (χ2v) is 3.68. The predicted molar refractivity (Wildman–Crippen MR) is 75.8 cm³/mol. The Kier molecular flexibility index (Phi) is 4.64. The van der Waals surface area contributed by atoms with Crippen LogP contribution < -0.4 is 0 Å². The van der Waals surface area contributed by atoms with Crippen molar-refractivity contribution in [2.75, 3.05) is 0 Å². The van der Waals surface area contributed by atoms with Gasteiger partial charge in [-0.15, -0.1) is 0 Å². The van der Waals surface area contributed by atoms with E-state index in [1.807, 2.05) is 72.8 Å². The third-order valence-electron chi connectivity index (χ3n) is 2.33. The maximum Gasteiger partial charge on any atom is 0.0501 e. The van der Waals surface area contributed by atoms with Gasteiger partial charge in [-0.1, -0.05) is 60.7 Å². The molecule has 0 amide bonds. The second-order valence-electron chi connectivity index (χ2n) is 3.68. The molecule has 0 unspecified atom stereocenters. The number of rotatable bonds is 4. The summed E-state index contributed by atoms with van der Waals surface area (Å²) in [5, 5.41) is 7.88. The number of hydrogen-bond donors (Lipinski definition) is 0. The SMILES string of the molecule is C(=Cc1ccccc1)N=NC=Cc1ccccc1. The van der Waals surface area contributed by atoms with Gasteiger partial charge in [-0.25, -0.2) is 0 Å². The van der Waals surface area contributed by atoms with Crippen LogP contribution in [0.5, 0.6) is 0 Å². The van der Waals surface area contributed by atoms with Crippen molar-refractivity contribution < 1.29 is 0 Å². The molecule has 0 radical (unpaired) electrons. The highest BCUT2D eigenvalue weighted by molar-refractivity contribution is 5.49. The van der Waals surface area contributed by atoms with E-state index in [9.17, 15) is 0 Å². The minimum Gasteiger partial charge on any atom is -0.159 e. The molecule has 0 atom stereocenters. The largest absolute Gasteiger partial charge is 0.159 e. The molecule has 2 nitrogen and oxygen atoms in total. The van der Waals surface area contributed by atoms with Gasteiger partial charge in [0.1, 0.15) is 0 Å². The standard InChI is InChI=1S/C16H14N2/c1-3-7-15(8-4-1)11-13-17-18-14-12-16-9-5-2-6-10-16/h1-14H. The van der Waals surface area contributed by atoms with Gasteiger partial charge in [-0.3, -0.25) is 0 Å². The molecule has 88 valence electrons. The zero-order valence-corrected chi connectivity index (χ0v) is 9.98. The van der Waals surface area contributed by atoms with Crippen molar-refractivity contribution in [1.29, 1.82) is 0 Å². The van der Waals surface area contributed by atoms with Crippen molar-refractivity contribution in [1.82, 2.24) is 0 Å².